The Kier molecular flexibility index (Phi) is 7.69. The number of halogens is 1. The highest BCUT2D eigenvalue weighted by atomic mass is 79.9. The van der Waals surface area contributed by atoms with Gasteiger partial charge in [-0.05, 0) is 57.9 Å². The van der Waals surface area contributed by atoms with Gasteiger partial charge in [0.1, 0.15) is 5.75 Å². The van der Waals surface area contributed by atoms with Gasteiger partial charge in [0, 0.05) is 4.47 Å². The van der Waals surface area contributed by atoms with E-state index in [-0.39, 0.29) is 13.0 Å². The van der Waals surface area contributed by atoms with E-state index < -0.39 is 17.6 Å². The second kappa shape index (κ2) is 10.2. The molecule has 0 saturated carbocycles. The van der Waals surface area contributed by atoms with Crippen molar-refractivity contribution in [3.8, 4) is 5.75 Å². The number of Topliss-reactive ketones (excluding diaryl/α,β-unsaturated/α-hetero) is 1. The zero-order valence-electron chi connectivity index (χ0n) is 14.6. The van der Waals surface area contributed by atoms with Crippen LogP contribution in [0.4, 0.5) is 0 Å². The van der Waals surface area contributed by atoms with Gasteiger partial charge >= 0.3 is 0 Å². The molecule has 2 N–H and O–H groups in total. The summed E-state index contributed by atoms with van der Waals surface area (Å²) in [5.74, 6) is -0.660. The number of amides is 2. The van der Waals surface area contributed by atoms with E-state index in [4.69, 9.17) is 4.74 Å². The van der Waals surface area contributed by atoms with Crippen molar-refractivity contribution in [2.75, 3.05) is 13.7 Å². The second-order valence-corrected chi connectivity index (χ2v) is 6.30. The Labute approximate surface area is 164 Å². The summed E-state index contributed by atoms with van der Waals surface area (Å²) >= 11 is 3.27. The van der Waals surface area contributed by atoms with Crippen LogP contribution in [0.3, 0.4) is 0 Å². The van der Waals surface area contributed by atoms with Crippen LogP contribution in [0.25, 0.3) is 0 Å². The first-order valence-corrected chi connectivity index (χ1v) is 8.79. The van der Waals surface area contributed by atoms with Crippen LogP contribution in [0.15, 0.2) is 58.1 Å². The fourth-order valence-corrected chi connectivity index (χ4v) is 2.53. The summed E-state index contributed by atoms with van der Waals surface area (Å²) in [5.41, 5.74) is 3.46. The van der Waals surface area contributed by atoms with Crippen molar-refractivity contribution < 1.29 is 19.1 Å². The fraction of sp³-hybridized carbons (Fsp3) is 0.158. The van der Waals surface area contributed by atoms with E-state index >= 15 is 0 Å². The van der Waals surface area contributed by atoms with Crippen LogP contribution in [-0.4, -0.2) is 37.5 Å². The van der Waals surface area contributed by atoms with Gasteiger partial charge in [0.25, 0.3) is 5.91 Å². The number of hydrazone groups is 1. The van der Waals surface area contributed by atoms with Crippen LogP contribution < -0.4 is 15.5 Å². The summed E-state index contributed by atoms with van der Waals surface area (Å²) in [4.78, 5) is 35.6. The molecule has 0 aliphatic rings. The number of carbonyl (C=O) groups excluding carboxylic acids is 3. The first-order chi connectivity index (χ1) is 13.0. The van der Waals surface area contributed by atoms with Gasteiger partial charge in [0.05, 0.1) is 31.9 Å². The molecule has 0 aliphatic heterocycles. The molecule has 0 spiro atoms. The Morgan fingerprint density at radius 2 is 1.81 bits per heavy atom. The normalized spacial score (nSPS) is 10.4. The predicted octanol–water partition coefficient (Wildman–Crippen LogP) is 2.30. The van der Waals surface area contributed by atoms with Crippen molar-refractivity contribution in [2.45, 2.75) is 6.42 Å². The third kappa shape index (κ3) is 6.67. The van der Waals surface area contributed by atoms with Crippen LogP contribution >= 0.6 is 15.9 Å². The number of ether oxygens (including phenoxy) is 1. The van der Waals surface area contributed by atoms with Crippen molar-refractivity contribution in [2.24, 2.45) is 5.10 Å². The average molecular weight is 432 g/mol. The van der Waals surface area contributed by atoms with E-state index in [9.17, 15) is 14.4 Å². The molecule has 0 atom stereocenters. The van der Waals surface area contributed by atoms with Gasteiger partial charge in [0.2, 0.25) is 5.91 Å². The van der Waals surface area contributed by atoms with E-state index in [1.807, 2.05) is 0 Å². The zero-order valence-corrected chi connectivity index (χ0v) is 16.2. The summed E-state index contributed by atoms with van der Waals surface area (Å²) in [6.07, 6.45) is 1.08. The highest BCUT2D eigenvalue weighted by Crippen LogP contribution is 2.15. The lowest BCUT2D eigenvalue weighted by atomic mass is 10.2. The molecule has 0 fully saturated rings. The predicted molar refractivity (Wildman–Crippen MR) is 105 cm³/mol. The average Bonchev–Trinajstić information content (AvgIpc) is 2.67. The smallest absolute Gasteiger partial charge is 0.252 e. The van der Waals surface area contributed by atoms with Gasteiger partial charge in [-0.1, -0.05) is 12.1 Å². The molecule has 2 aromatic carbocycles. The molecule has 27 heavy (non-hydrogen) atoms. The van der Waals surface area contributed by atoms with Crippen LogP contribution in [-0.2, 0) is 9.59 Å². The zero-order chi connectivity index (χ0) is 19.6. The third-order valence-electron chi connectivity index (χ3n) is 3.44. The van der Waals surface area contributed by atoms with Crippen molar-refractivity contribution in [3.05, 3.63) is 64.1 Å². The van der Waals surface area contributed by atoms with E-state index in [0.717, 1.165) is 5.56 Å². The van der Waals surface area contributed by atoms with Gasteiger partial charge < -0.3 is 10.1 Å². The number of ketones is 1. The first-order valence-electron chi connectivity index (χ1n) is 8.00. The largest absolute Gasteiger partial charge is 0.497 e. The highest BCUT2D eigenvalue weighted by Gasteiger charge is 2.13. The molecule has 140 valence electrons. The molecule has 0 heterocycles. The van der Waals surface area contributed by atoms with Crippen LogP contribution in [0, 0.1) is 0 Å². The van der Waals surface area contributed by atoms with Gasteiger partial charge in [0.15, 0.2) is 5.78 Å². The molecule has 7 nitrogen and oxygen atoms in total. The summed E-state index contributed by atoms with van der Waals surface area (Å²) in [6.45, 7) is -0.240. The van der Waals surface area contributed by atoms with Crippen LogP contribution in [0.5, 0.6) is 5.75 Å². The Balaban J connectivity index is 1.74. The van der Waals surface area contributed by atoms with E-state index in [2.05, 4.69) is 31.8 Å². The number of nitrogens with zero attached hydrogens (tertiary/aromatic N) is 1. The molecule has 2 rings (SSSR count). The summed E-state index contributed by atoms with van der Waals surface area (Å²) < 4.78 is 5.67. The molecule has 0 aliphatic carbocycles. The molecular formula is C19H18BrN3O4. The standard InChI is InChI=1S/C19H18BrN3O4/c1-27-15-8-6-13(7-9-15)11-22-23-18(25)10-14(24)12-21-19(26)16-4-2-3-5-17(16)20/h2-9,11H,10,12H2,1H3,(H,21,26)(H,23,25)/b22-11+. The molecule has 2 aromatic rings. The van der Waals surface area contributed by atoms with Gasteiger partial charge in [-0.2, -0.15) is 5.10 Å². The number of hydrogen-bond acceptors (Lipinski definition) is 5. The Morgan fingerprint density at radius 3 is 2.48 bits per heavy atom. The van der Waals surface area contributed by atoms with E-state index in [1.165, 1.54) is 6.21 Å². The molecule has 0 aromatic heterocycles. The van der Waals surface area contributed by atoms with Gasteiger partial charge in [-0.3, -0.25) is 14.4 Å². The molecule has 0 saturated heterocycles. The maximum atomic E-state index is 12.0. The Bertz CT molecular complexity index is 850. The minimum absolute atomic E-state index is 0.240. The maximum absolute atomic E-state index is 12.0. The fourth-order valence-electron chi connectivity index (χ4n) is 2.07. The number of methoxy groups -OCH3 is 1. The topological polar surface area (TPSA) is 96.9 Å². The molecule has 2 amide bonds. The minimum Gasteiger partial charge on any atom is -0.497 e. The molecular weight excluding hydrogens is 414 g/mol. The quantitative estimate of drug-likeness (QED) is 0.380. The number of hydrogen-bond donors (Lipinski definition) is 2. The first kappa shape index (κ1) is 20.3. The Hall–Kier alpha value is -3.00. The van der Waals surface area contributed by atoms with Crippen molar-refractivity contribution >= 4 is 39.7 Å². The van der Waals surface area contributed by atoms with E-state index in [1.54, 1.807) is 55.6 Å². The Morgan fingerprint density at radius 1 is 1.11 bits per heavy atom. The number of rotatable bonds is 8. The summed E-state index contributed by atoms with van der Waals surface area (Å²) in [7, 11) is 1.57. The number of nitrogens with one attached hydrogen (secondary N) is 2. The van der Waals surface area contributed by atoms with Crippen LogP contribution in [0.1, 0.15) is 22.3 Å². The maximum Gasteiger partial charge on any atom is 0.252 e. The van der Waals surface area contributed by atoms with Crippen molar-refractivity contribution in [3.63, 3.8) is 0 Å². The molecule has 0 bridgehead atoms. The third-order valence-corrected chi connectivity index (χ3v) is 4.13. The summed E-state index contributed by atoms with van der Waals surface area (Å²) in [6, 6.07) is 13.9. The van der Waals surface area contributed by atoms with Gasteiger partial charge in [-0.15, -0.1) is 0 Å². The lowest BCUT2D eigenvalue weighted by Gasteiger charge is -2.06. The summed E-state index contributed by atoms with van der Waals surface area (Å²) in [5, 5.41) is 6.28. The van der Waals surface area contributed by atoms with Crippen molar-refractivity contribution in [1.29, 1.82) is 0 Å². The lowest BCUT2D eigenvalue weighted by Crippen LogP contribution is -2.32. The second-order valence-electron chi connectivity index (χ2n) is 5.44. The van der Waals surface area contributed by atoms with Crippen LogP contribution in [0.2, 0.25) is 0 Å². The van der Waals surface area contributed by atoms with Crippen molar-refractivity contribution in [1.82, 2.24) is 10.7 Å². The van der Waals surface area contributed by atoms with E-state index in [0.29, 0.717) is 15.8 Å². The van der Waals surface area contributed by atoms with Gasteiger partial charge in [-0.25, -0.2) is 5.43 Å². The molecule has 8 heteroatoms. The number of benzene rings is 2. The SMILES string of the molecule is COc1ccc(/C=N/NC(=O)CC(=O)CNC(=O)c2ccccc2Br)cc1. The number of carbonyl (C=O) groups is 3. The molecule has 0 unspecified atom stereocenters. The molecule has 0 radical (unpaired) electrons. The minimum atomic E-state index is -0.556. The lowest BCUT2D eigenvalue weighted by molar-refractivity contribution is -0.127. The monoisotopic (exact) mass is 431 g/mol. The highest BCUT2D eigenvalue weighted by molar-refractivity contribution is 9.10.